The van der Waals surface area contributed by atoms with E-state index in [1.807, 2.05) is 0 Å². The van der Waals surface area contributed by atoms with Crippen molar-refractivity contribution in [3.63, 3.8) is 0 Å². The van der Waals surface area contributed by atoms with Gasteiger partial charge in [0.2, 0.25) is 0 Å². The molecule has 0 radical (unpaired) electrons. The third-order valence-corrected chi connectivity index (χ3v) is 3.38. The van der Waals surface area contributed by atoms with Crippen LogP contribution in [-0.2, 0) is 0 Å². The van der Waals surface area contributed by atoms with Crippen molar-refractivity contribution in [1.82, 2.24) is 5.32 Å². The molecule has 1 saturated carbocycles. The lowest BCUT2D eigenvalue weighted by atomic mass is 10.1. The molecule has 0 heterocycles. The van der Waals surface area contributed by atoms with Gasteiger partial charge in [0.15, 0.2) is 0 Å². The fourth-order valence-corrected chi connectivity index (χ4v) is 2.27. The Morgan fingerprint density at radius 1 is 1.40 bits per heavy atom. The third-order valence-electron chi connectivity index (χ3n) is 3.38. The van der Waals surface area contributed by atoms with Crippen molar-refractivity contribution >= 4 is 5.91 Å². The molecule has 0 saturated heterocycles. The second-order valence-corrected chi connectivity index (χ2v) is 4.88. The predicted molar refractivity (Wildman–Crippen MR) is 73.5 cm³/mol. The van der Waals surface area contributed by atoms with Crippen LogP contribution in [0.2, 0.25) is 0 Å². The van der Waals surface area contributed by atoms with Crippen LogP contribution in [0.5, 0.6) is 5.75 Å². The Balaban J connectivity index is 1.98. The molecule has 0 bridgehead atoms. The Morgan fingerprint density at radius 2 is 2.20 bits per heavy atom. The fourth-order valence-electron chi connectivity index (χ4n) is 2.27. The molecule has 1 aliphatic carbocycles. The summed E-state index contributed by atoms with van der Waals surface area (Å²) < 4.78 is 5.36. The first-order chi connectivity index (χ1) is 9.61. The SMILES string of the molecule is NCCOc1cccc(C(=O)N[C@@H]2CC[C@@H](O)[C@@H]2O)c1. The molecule has 0 spiro atoms. The van der Waals surface area contributed by atoms with Gasteiger partial charge in [-0.1, -0.05) is 6.07 Å². The second kappa shape index (κ2) is 6.69. The molecule has 20 heavy (non-hydrogen) atoms. The number of rotatable bonds is 5. The van der Waals surface area contributed by atoms with Gasteiger partial charge in [0.1, 0.15) is 18.5 Å². The first kappa shape index (κ1) is 14.8. The lowest BCUT2D eigenvalue weighted by Gasteiger charge is -2.18. The van der Waals surface area contributed by atoms with Gasteiger partial charge in [-0.3, -0.25) is 4.79 Å². The summed E-state index contributed by atoms with van der Waals surface area (Å²) in [6, 6.07) is 6.36. The number of hydrogen-bond acceptors (Lipinski definition) is 5. The molecule has 0 unspecified atom stereocenters. The number of nitrogens with one attached hydrogen (secondary N) is 1. The van der Waals surface area contributed by atoms with Crippen molar-refractivity contribution in [1.29, 1.82) is 0 Å². The van der Waals surface area contributed by atoms with Gasteiger partial charge in [0.25, 0.3) is 5.91 Å². The van der Waals surface area contributed by atoms with Gasteiger partial charge >= 0.3 is 0 Å². The Kier molecular flexibility index (Phi) is 4.94. The van der Waals surface area contributed by atoms with E-state index in [9.17, 15) is 15.0 Å². The molecular formula is C14H20N2O4. The summed E-state index contributed by atoms with van der Waals surface area (Å²) >= 11 is 0. The zero-order chi connectivity index (χ0) is 14.5. The number of ether oxygens (including phenoxy) is 1. The van der Waals surface area contributed by atoms with Crippen molar-refractivity contribution in [2.75, 3.05) is 13.2 Å². The highest BCUT2D eigenvalue weighted by atomic mass is 16.5. The van der Waals surface area contributed by atoms with Gasteiger partial charge in [0, 0.05) is 12.1 Å². The van der Waals surface area contributed by atoms with Crippen LogP contribution in [0, 0.1) is 0 Å². The van der Waals surface area contributed by atoms with Crippen LogP contribution in [0.25, 0.3) is 0 Å². The molecule has 1 amide bonds. The minimum absolute atomic E-state index is 0.290. The van der Waals surface area contributed by atoms with Crippen molar-refractivity contribution in [3.05, 3.63) is 29.8 Å². The van der Waals surface area contributed by atoms with Gasteiger partial charge < -0.3 is 26.0 Å². The number of aliphatic hydroxyl groups excluding tert-OH is 2. The number of hydrogen-bond donors (Lipinski definition) is 4. The maximum atomic E-state index is 12.1. The van der Waals surface area contributed by atoms with Gasteiger partial charge in [-0.25, -0.2) is 0 Å². The summed E-state index contributed by atoms with van der Waals surface area (Å²) in [6.45, 7) is 0.793. The Bertz CT molecular complexity index is 466. The van der Waals surface area contributed by atoms with Gasteiger partial charge in [-0.15, -0.1) is 0 Å². The van der Waals surface area contributed by atoms with Crippen LogP contribution in [0.15, 0.2) is 24.3 Å². The van der Waals surface area contributed by atoms with Crippen molar-refractivity contribution < 1.29 is 19.7 Å². The van der Waals surface area contributed by atoms with Crippen LogP contribution in [-0.4, -0.2) is 47.5 Å². The fraction of sp³-hybridized carbons (Fsp3) is 0.500. The maximum Gasteiger partial charge on any atom is 0.251 e. The molecular weight excluding hydrogens is 260 g/mol. The lowest BCUT2D eigenvalue weighted by Crippen LogP contribution is -2.42. The largest absolute Gasteiger partial charge is 0.492 e. The Labute approximate surface area is 117 Å². The van der Waals surface area contributed by atoms with E-state index in [0.29, 0.717) is 37.3 Å². The van der Waals surface area contributed by atoms with E-state index >= 15 is 0 Å². The van der Waals surface area contributed by atoms with Crippen molar-refractivity contribution in [2.45, 2.75) is 31.1 Å². The van der Waals surface area contributed by atoms with Crippen LogP contribution >= 0.6 is 0 Å². The summed E-state index contributed by atoms with van der Waals surface area (Å²) in [7, 11) is 0. The zero-order valence-electron chi connectivity index (χ0n) is 11.2. The highest BCUT2D eigenvalue weighted by Gasteiger charge is 2.34. The maximum absolute atomic E-state index is 12.1. The number of nitrogens with two attached hydrogens (primary N) is 1. The van der Waals surface area contributed by atoms with E-state index < -0.39 is 18.2 Å². The van der Waals surface area contributed by atoms with E-state index in [4.69, 9.17) is 10.5 Å². The summed E-state index contributed by atoms with van der Waals surface area (Å²) in [5.41, 5.74) is 5.81. The molecule has 1 aromatic rings. The van der Waals surface area contributed by atoms with E-state index in [1.165, 1.54) is 0 Å². The van der Waals surface area contributed by atoms with Crippen LogP contribution < -0.4 is 15.8 Å². The number of aliphatic hydroxyl groups is 2. The van der Waals surface area contributed by atoms with Crippen LogP contribution in [0.3, 0.4) is 0 Å². The topological polar surface area (TPSA) is 105 Å². The Morgan fingerprint density at radius 3 is 2.85 bits per heavy atom. The van der Waals surface area contributed by atoms with Crippen LogP contribution in [0.4, 0.5) is 0 Å². The van der Waals surface area contributed by atoms with Crippen molar-refractivity contribution in [2.24, 2.45) is 5.73 Å². The van der Waals surface area contributed by atoms with Gasteiger partial charge in [0.05, 0.1) is 12.1 Å². The molecule has 2 rings (SSSR count). The molecule has 0 aliphatic heterocycles. The van der Waals surface area contributed by atoms with E-state index in [1.54, 1.807) is 24.3 Å². The standard InChI is InChI=1S/C14H20N2O4/c15-6-7-20-10-3-1-2-9(8-10)14(19)16-11-4-5-12(17)13(11)18/h1-3,8,11-13,17-18H,4-7,15H2,(H,16,19)/t11-,12-,13-/m1/s1. The smallest absolute Gasteiger partial charge is 0.251 e. The highest BCUT2D eigenvalue weighted by Crippen LogP contribution is 2.20. The molecule has 5 N–H and O–H groups in total. The lowest BCUT2D eigenvalue weighted by molar-refractivity contribution is 0.0296. The number of amides is 1. The first-order valence-corrected chi connectivity index (χ1v) is 6.71. The Hall–Kier alpha value is -1.63. The summed E-state index contributed by atoms with van der Waals surface area (Å²) in [5, 5.41) is 21.9. The molecule has 1 aliphatic rings. The first-order valence-electron chi connectivity index (χ1n) is 6.71. The van der Waals surface area contributed by atoms with Crippen LogP contribution in [0.1, 0.15) is 23.2 Å². The van der Waals surface area contributed by atoms with Gasteiger partial charge in [-0.2, -0.15) is 0 Å². The number of benzene rings is 1. The summed E-state index contributed by atoms with van der Waals surface area (Å²) in [5.74, 6) is 0.288. The molecule has 6 nitrogen and oxygen atoms in total. The summed E-state index contributed by atoms with van der Waals surface area (Å²) in [4.78, 5) is 12.1. The monoisotopic (exact) mass is 280 g/mol. The molecule has 0 aromatic heterocycles. The molecule has 3 atom stereocenters. The molecule has 1 fully saturated rings. The minimum Gasteiger partial charge on any atom is -0.492 e. The number of carbonyl (C=O) groups is 1. The molecule has 110 valence electrons. The minimum atomic E-state index is -0.907. The number of carbonyl (C=O) groups excluding carboxylic acids is 1. The average Bonchev–Trinajstić information content (AvgIpc) is 2.77. The predicted octanol–water partition coefficient (Wildman–Crippen LogP) is -0.362. The van der Waals surface area contributed by atoms with Gasteiger partial charge in [-0.05, 0) is 31.0 Å². The average molecular weight is 280 g/mol. The van der Waals surface area contributed by atoms with Crippen molar-refractivity contribution in [3.8, 4) is 5.75 Å². The zero-order valence-corrected chi connectivity index (χ0v) is 11.2. The summed E-state index contributed by atoms with van der Waals surface area (Å²) in [6.07, 6.45) is -0.612. The molecule has 6 heteroatoms. The quantitative estimate of drug-likeness (QED) is 0.589. The third kappa shape index (κ3) is 3.47. The second-order valence-electron chi connectivity index (χ2n) is 4.88. The molecule has 1 aromatic carbocycles. The van der Waals surface area contributed by atoms with E-state index in [-0.39, 0.29) is 5.91 Å². The normalized spacial score (nSPS) is 25.4. The van der Waals surface area contributed by atoms with E-state index in [0.717, 1.165) is 0 Å². The highest BCUT2D eigenvalue weighted by molar-refractivity contribution is 5.94. The van der Waals surface area contributed by atoms with E-state index in [2.05, 4.69) is 5.32 Å².